The van der Waals surface area contributed by atoms with Crippen LogP contribution in [0.5, 0.6) is 0 Å². The lowest BCUT2D eigenvalue weighted by molar-refractivity contribution is 0.422. The van der Waals surface area contributed by atoms with E-state index in [1.54, 1.807) is 10.7 Å². The fraction of sp³-hybridized carbons (Fsp3) is 0.250. The largest absolute Gasteiger partial charge is 0.363 e. The van der Waals surface area contributed by atoms with Gasteiger partial charge in [0.05, 0.1) is 5.69 Å². The molecular formula is C12H13N5O. The fourth-order valence-corrected chi connectivity index (χ4v) is 1.94. The van der Waals surface area contributed by atoms with E-state index < -0.39 is 0 Å². The molecule has 0 aliphatic carbocycles. The van der Waals surface area contributed by atoms with Crippen LogP contribution in [0.25, 0.3) is 11.0 Å². The summed E-state index contributed by atoms with van der Waals surface area (Å²) in [6.45, 7) is 2.64. The molecule has 6 nitrogen and oxygen atoms in total. The lowest BCUT2D eigenvalue weighted by Crippen LogP contribution is -2.00. The average molecular weight is 243 g/mol. The third-order valence-electron chi connectivity index (χ3n) is 2.83. The molecule has 0 amide bonds. The Hall–Kier alpha value is -2.37. The number of aromatic nitrogens is 4. The van der Waals surface area contributed by atoms with Crippen LogP contribution in [-0.4, -0.2) is 19.9 Å². The number of anilines is 1. The molecule has 3 heterocycles. The predicted octanol–water partition coefficient (Wildman–Crippen LogP) is 1.88. The van der Waals surface area contributed by atoms with E-state index in [9.17, 15) is 0 Å². The third-order valence-corrected chi connectivity index (χ3v) is 2.83. The van der Waals surface area contributed by atoms with Crippen LogP contribution in [0.2, 0.25) is 0 Å². The van der Waals surface area contributed by atoms with E-state index in [0.29, 0.717) is 6.54 Å². The quantitative estimate of drug-likeness (QED) is 0.760. The van der Waals surface area contributed by atoms with Crippen molar-refractivity contribution in [1.29, 1.82) is 0 Å². The maximum absolute atomic E-state index is 4.75. The summed E-state index contributed by atoms with van der Waals surface area (Å²) < 4.78 is 6.55. The topological polar surface area (TPSA) is 68.8 Å². The molecule has 1 N–H and O–H groups in total. The second-order valence-corrected chi connectivity index (χ2v) is 4.16. The molecule has 0 unspecified atom stereocenters. The van der Waals surface area contributed by atoms with Crippen molar-refractivity contribution in [2.24, 2.45) is 7.05 Å². The minimum absolute atomic E-state index is 0.657. The van der Waals surface area contributed by atoms with Crippen LogP contribution < -0.4 is 5.32 Å². The van der Waals surface area contributed by atoms with E-state index in [1.165, 1.54) is 6.26 Å². The monoisotopic (exact) mass is 243 g/mol. The van der Waals surface area contributed by atoms with Gasteiger partial charge in [-0.1, -0.05) is 5.16 Å². The Labute approximate surface area is 104 Å². The van der Waals surface area contributed by atoms with Crippen LogP contribution in [0.3, 0.4) is 0 Å². The third kappa shape index (κ3) is 1.81. The molecule has 0 fully saturated rings. The zero-order chi connectivity index (χ0) is 12.5. The van der Waals surface area contributed by atoms with Gasteiger partial charge in [-0.15, -0.1) is 0 Å². The van der Waals surface area contributed by atoms with Gasteiger partial charge < -0.3 is 9.84 Å². The minimum atomic E-state index is 0.657. The number of nitrogens with zero attached hydrogens (tertiary/aromatic N) is 4. The van der Waals surface area contributed by atoms with Crippen LogP contribution >= 0.6 is 0 Å². The first-order chi connectivity index (χ1) is 8.74. The molecule has 0 atom stereocenters. The average Bonchev–Trinajstić information content (AvgIpc) is 2.97. The highest BCUT2D eigenvalue weighted by Gasteiger charge is 2.07. The lowest BCUT2D eigenvalue weighted by atomic mass is 10.2. The summed E-state index contributed by atoms with van der Waals surface area (Å²) in [6.07, 6.45) is 3.38. The standard InChI is InChI=1S/C12H13N5O/c1-8-10-5-9(6-13-11-3-4-18-16-11)7-14-12(10)17(2)15-8/h3-5,7H,6H2,1-2H3,(H,13,16). The van der Waals surface area contributed by atoms with Gasteiger partial charge in [-0.25, -0.2) is 4.98 Å². The molecule has 3 aromatic heterocycles. The first kappa shape index (κ1) is 10.8. The van der Waals surface area contributed by atoms with Gasteiger partial charge in [0.2, 0.25) is 0 Å². The van der Waals surface area contributed by atoms with Gasteiger partial charge in [0.15, 0.2) is 11.5 Å². The van der Waals surface area contributed by atoms with E-state index >= 15 is 0 Å². The molecule has 0 aliphatic rings. The molecular weight excluding hydrogens is 230 g/mol. The maximum atomic E-state index is 4.75. The van der Waals surface area contributed by atoms with Crippen molar-refractivity contribution in [2.75, 3.05) is 5.32 Å². The van der Waals surface area contributed by atoms with Gasteiger partial charge in [0.1, 0.15) is 6.26 Å². The van der Waals surface area contributed by atoms with E-state index in [1.807, 2.05) is 20.2 Å². The number of hydrogen-bond donors (Lipinski definition) is 1. The number of pyridine rings is 1. The van der Waals surface area contributed by atoms with E-state index in [0.717, 1.165) is 28.1 Å². The van der Waals surface area contributed by atoms with Gasteiger partial charge >= 0.3 is 0 Å². The zero-order valence-corrected chi connectivity index (χ0v) is 10.2. The Bertz CT molecular complexity index is 671. The molecule has 0 aliphatic heterocycles. The molecule has 92 valence electrons. The Kier molecular flexibility index (Phi) is 2.47. The van der Waals surface area contributed by atoms with E-state index in [4.69, 9.17) is 4.52 Å². The highest BCUT2D eigenvalue weighted by Crippen LogP contribution is 2.17. The summed E-state index contributed by atoms with van der Waals surface area (Å²) in [5.74, 6) is 0.720. The molecule has 3 rings (SSSR count). The highest BCUT2D eigenvalue weighted by molar-refractivity contribution is 5.78. The summed E-state index contributed by atoms with van der Waals surface area (Å²) in [7, 11) is 1.90. The van der Waals surface area contributed by atoms with Gasteiger partial charge in [-0.05, 0) is 18.6 Å². The van der Waals surface area contributed by atoms with E-state index in [-0.39, 0.29) is 0 Å². The zero-order valence-electron chi connectivity index (χ0n) is 10.2. The summed E-state index contributed by atoms with van der Waals surface area (Å²) in [4.78, 5) is 4.42. The number of hydrogen-bond acceptors (Lipinski definition) is 5. The molecule has 18 heavy (non-hydrogen) atoms. The van der Waals surface area contributed by atoms with Gasteiger partial charge in [-0.2, -0.15) is 5.10 Å². The molecule has 0 saturated carbocycles. The van der Waals surface area contributed by atoms with Crippen molar-refractivity contribution in [2.45, 2.75) is 13.5 Å². The first-order valence-corrected chi connectivity index (χ1v) is 5.66. The molecule has 3 aromatic rings. The molecule has 0 spiro atoms. The smallest absolute Gasteiger partial charge is 0.169 e. The molecule has 0 bridgehead atoms. The number of aryl methyl sites for hydroxylation is 2. The number of rotatable bonds is 3. The van der Waals surface area contributed by atoms with Crippen molar-refractivity contribution in [1.82, 2.24) is 19.9 Å². The van der Waals surface area contributed by atoms with Crippen molar-refractivity contribution in [3.8, 4) is 0 Å². The van der Waals surface area contributed by atoms with Crippen molar-refractivity contribution in [3.63, 3.8) is 0 Å². The molecule has 0 radical (unpaired) electrons. The fourth-order valence-electron chi connectivity index (χ4n) is 1.94. The first-order valence-electron chi connectivity index (χ1n) is 5.66. The van der Waals surface area contributed by atoms with Crippen LogP contribution in [0.1, 0.15) is 11.3 Å². The van der Waals surface area contributed by atoms with Crippen LogP contribution in [-0.2, 0) is 13.6 Å². The maximum Gasteiger partial charge on any atom is 0.169 e. The number of nitrogens with one attached hydrogen (secondary N) is 1. The number of fused-ring (bicyclic) bond motifs is 1. The van der Waals surface area contributed by atoms with Crippen LogP contribution in [0, 0.1) is 6.92 Å². The Morgan fingerprint density at radius 2 is 2.33 bits per heavy atom. The van der Waals surface area contributed by atoms with E-state index in [2.05, 4.69) is 26.6 Å². The minimum Gasteiger partial charge on any atom is -0.363 e. The molecule has 6 heteroatoms. The van der Waals surface area contributed by atoms with Crippen molar-refractivity contribution >= 4 is 16.9 Å². The second-order valence-electron chi connectivity index (χ2n) is 4.16. The summed E-state index contributed by atoms with van der Waals surface area (Å²) in [6, 6.07) is 3.87. The van der Waals surface area contributed by atoms with Gasteiger partial charge in [0, 0.05) is 31.2 Å². The summed E-state index contributed by atoms with van der Waals surface area (Å²) >= 11 is 0. The van der Waals surface area contributed by atoms with Gasteiger partial charge in [0.25, 0.3) is 0 Å². The SMILES string of the molecule is Cc1nn(C)c2ncc(CNc3ccon3)cc12. The Morgan fingerprint density at radius 3 is 3.11 bits per heavy atom. The van der Waals surface area contributed by atoms with Gasteiger partial charge in [-0.3, -0.25) is 4.68 Å². The normalized spacial score (nSPS) is 11.0. The van der Waals surface area contributed by atoms with Crippen molar-refractivity contribution in [3.05, 3.63) is 35.9 Å². The summed E-state index contributed by atoms with van der Waals surface area (Å²) in [5.41, 5.74) is 2.97. The molecule has 0 aromatic carbocycles. The highest BCUT2D eigenvalue weighted by atomic mass is 16.5. The summed E-state index contributed by atoms with van der Waals surface area (Å²) in [5, 5.41) is 12.4. The second kappa shape index (κ2) is 4.14. The van der Waals surface area contributed by atoms with Crippen LogP contribution in [0.15, 0.2) is 29.1 Å². The molecule has 0 saturated heterocycles. The predicted molar refractivity (Wildman–Crippen MR) is 67.1 cm³/mol. The Balaban J connectivity index is 1.87. The van der Waals surface area contributed by atoms with Crippen LogP contribution in [0.4, 0.5) is 5.82 Å². The Morgan fingerprint density at radius 1 is 1.44 bits per heavy atom. The lowest BCUT2D eigenvalue weighted by Gasteiger charge is -2.02. The van der Waals surface area contributed by atoms with Crippen molar-refractivity contribution < 1.29 is 4.52 Å².